The Bertz CT molecular complexity index is 649. The van der Waals surface area contributed by atoms with Crippen LogP contribution >= 0.6 is 0 Å². The predicted molar refractivity (Wildman–Crippen MR) is 78.8 cm³/mol. The minimum atomic E-state index is -4.64. The first-order valence-corrected chi connectivity index (χ1v) is 8.33. The van der Waals surface area contributed by atoms with Crippen molar-refractivity contribution in [1.29, 1.82) is 0 Å². The molecule has 1 aromatic carbocycles. The van der Waals surface area contributed by atoms with E-state index in [1.807, 2.05) is 0 Å². The number of hydrogen-bond acceptors (Lipinski definition) is 5. The summed E-state index contributed by atoms with van der Waals surface area (Å²) in [6.07, 6.45) is 0.787. The average molecular weight is 329 g/mol. The normalized spacial score (nSPS) is 25.5. The Morgan fingerprint density at radius 1 is 1.36 bits per heavy atom. The van der Waals surface area contributed by atoms with Gasteiger partial charge < -0.3 is 9.84 Å². The van der Waals surface area contributed by atoms with Crippen molar-refractivity contribution in [3.63, 3.8) is 0 Å². The highest BCUT2D eigenvalue weighted by Crippen LogP contribution is 2.41. The molecule has 1 amide bonds. The van der Waals surface area contributed by atoms with Crippen molar-refractivity contribution in [2.45, 2.75) is 37.2 Å². The number of benzene rings is 1. The van der Waals surface area contributed by atoms with Crippen LogP contribution in [0.4, 0.5) is 0 Å². The minimum Gasteiger partial charge on any atom is -0.497 e. The first-order chi connectivity index (χ1) is 10.3. The highest BCUT2D eigenvalue weighted by atomic mass is 32.2. The lowest BCUT2D eigenvalue weighted by molar-refractivity contribution is -0.127. The van der Waals surface area contributed by atoms with Crippen molar-refractivity contribution < 1.29 is 27.6 Å². The van der Waals surface area contributed by atoms with E-state index in [1.54, 1.807) is 29.0 Å². The topological polar surface area (TPSA) is 113 Å². The molecule has 7 nitrogen and oxygen atoms in total. The Balaban J connectivity index is 2.43. The van der Waals surface area contributed by atoms with Gasteiger partial charge in [-0.05, 0) is 43.4 Å². The van der Waals surface area contributed by atoms with Gasteiger partial charge in [0.15, 0.2) is 0 Å². The fourth-order valence-corrected chi connectivity index (χ4v) is 3.31. The molecule has 0 aromatic heterocycles. The number of ether oxygens (including phenoxy) is 1. The number of carbonyl (C=O) groups excluding carboxylic acids is 1. The van der Waals surface area contributed by atoms with Crippen LogP contribution in [0.2, 0.25) is 0 Å². The van der Waals surface area contributed by atoms with E-state index >= 15 is 0 Å². The third-order valence-electron chi connectivity index (χ3n) is 4.09. The maximum Gasteiger partial charge on any atom is 0.359 e. The number of nitrogens with one attached hydrogen (secondary N) is 1. The third-order valence-corrected chi connectivity index (χ3v) is 4.53. The summed E-state index contributed by atoms with van der Waals surface area (Å²) in [5.74, 6) is -0.252. The van der Waals surface area contributed by atoms with E-state index < -0.39 is 27.7 Å². The lowest BCUT2D eigenvalue weighted by atomic mass is 9.68. The Morgan fingerprint density at radius 3 is 2.55 bits per heavy atom. The number of aliphatic hydroxyl groups excluding tert-OH is 1. The summed E-state index contributed by atoms with van der Waals surface area (Å²) in [4.78, 5) is 12.5. The van der Waals surface area contributed by atoms with Crippen LogP contribution in [0, 0.1) is 0 Å². The number of carbonyl (C=O) groups is 1. The molecule has 0 unspecified atom stereocenters. The highest BCUT2D eigenvalue weighted by molar-refractivity contribution is 7.84. The summed E-state index contributed by atoms with van der Waals surface area (Å²) in [6, 6.07) is 6.81. The van der Waals surface area contributed by atoms with Crippen molar-refractivity contribution in [3.05, 3.63) is 29.8 Å². The van der Waals surface area contributed by atoms with E-state index in [9.17, 15) is 18.3 Å². The summed E-state index contributed by atoms with van der Waals surface area (Å²) in [5.41, 5.74) is -0.524. The molecule has 3 N–H and O–H groups in total. The largest absolute Gasteiger partial charge is 0.497 e. The molecule has 1 saturated carbocycles. The Labute approximate surface area is 129 Å². The third kappa shape index (κ3) is 3.57. The Morgan fingerprint density at radius 2 is 2.00 bits per heavy atom. The SMILES string of the molecule is COc1cccc(C2(C(=O)NS(=O)(=O)O)CCC(O)CC2)c1. The Hall–Kier alpha value is -1.64. The molecule has 1 aromatic rings. The highest BCUT2D eigenvalue weighted by Gasteiger charge is 2.44. The standard InChI is InChI=1S/C14H19NO6S/c1-21-12-4-2-3-10(9-12)14(7-5-11(16)6-8-14)13(17)15-22(18,19)20/h2-4,9,11,16H,5-8H2,1H3,(H,15,17)(H,18,19,20). The summed E-state index contributed by atoms with van der Waals surface area (Å²) in [7, 11) is -3.15. The van der Waals surface area contributed by atoms with Crippen LogP contribution in [0.1, 0.15) is 31.2 Å². The van der Waals surface area contributed by atoms with Crippen LogP contribution in [-0.4, -0.2) is 37.2 Å². The van der Waals surface area contributed by atoms with Crippen LogP contribution in [-0.2, 0) is 20.5 Å². The van der Waals surface area contributed by atoms with Gasteiger partial charge in [0.05, 0.1) is 18.6 Å². The molecule has 2 rings (SSSR count). The molecule has 0 radical (unpaired) electrons. The van der Waals surface area contributed by atoms with E-state index in [0.717, 1.165) is 0 Å². The molecule has 0 atom stereocenters. The monoisotopic (exact) mass is 329 g/mol. The molecule has 0 bridgehead atoms. The maximum atomic E-state index is 12.5. The van der Waals surface area contributed by atoms with Gasteiger partial charge in [-0.3, -0.25) is 9.35 Å². The van der Waals surface area contributed by atoms with E-state index in [0.29, 0.717) is 24.2 Å². The van der Waals surface area contributed by atoms with Gasteiger partial charge in [0.2, 0.25) is 5.91 Å². The zero-order valence-corrected chi connectivity index (χ0v) is 13.0. The molecule has 122 valence electrons. The van der Waals surface area contributed by atoms with Crippen LogP contribution in [0.15, 0.2) is 24.3 Å². The lowest BCUT2D eigenvalue weighted by Gasteiger charge is -2.37. The number of amides is 1. The van der Waals surface area contributed by atoms with E-state index in [-0.39, 0.29) is 12.8 Å². The van der Waals surface area contributed by atoms with Crippen LogP contribution in [0.25, 0.3) is 0 Å². The van der Waals surface area contributed by atoms with Crippen LogP contribution in [0.5, 0.6) is 5.75 Å². The zero-order chi connectivity index (χ0) is 16.4. The van der Waals surface area contributed by atoms with Crippen molar-refractivity contribution in [2.24, 2.45) is 0 Å². The lowest BCUT2D eigenvalue weighted by Crippen LogP contribution is -2.49. The minimum absolute atomic E-state index is 0.280. The molecular weight excluding hydrogens is 310 g/mol. The molecule has 0 aliphatic heterocycles. The van der Waals surface area contributed by atoms with Crippen molar-refractivity contribution >= 4 is 16.2 Å². The second-order valence-corrected chi connectivity index (χ2v) is 6.61. The number of aliphatic hydroxyl groups is 1. The Kier molecular flexibility index (Phi) is 4.74. The van der Waals surface area contributed by atoms with Gasteiger partial charge in [-0.15, -0.1) is 0 Å². The van der Waals surface area contributed by atoms with Crippen molar-refractivity contribution in [2.75, 3.05) is 7.11 Å². The van der Waals surface area contributed by atoms with E-state index in [1.165, 1.54) is 7.11 Å². The average Bonchev–Trinajstić information content (AvgIpc) is 2.46. The molecular formula is C14H19NO6S. The molecule has 22 heavy (non-hydrogen) atoms. The quantitative estimate of drug-likeness (QED) is 0.704. The summed E-state index contributed by atoms with van der Waals surface area (Å²) < 4.78 is 37.7. The van der Waals surface area contributed by atoms with Gasteiger partial charge >= 0.3 is 10.3 Å². The molecule has 1 aliphatic rings. The second kappa shape index (κ2) is 6.23. The van der Waals surface area contributed by atoms with Crippen LogP contribution < -0.4 is 9.46 Å². The van der Waals surface area contributed by atoms with Gasteiger partial charge in [0, 0.05) is 0 Å². The van der Waals surface area contributed by atoms with Gasteiger partial charge in [-0.25, -0.2) is 4.72 Å². The molecule has 0 spiro atoms. The van der Waals surface area contributed by atoms with Crippen molar-refractivity contribution in [1.82, 2.24) is 4.72 Å². The summed E-state index contributed by atoms with van der Waals surface area (Å²) >= 11 is 0. The maximum absolute atomic E-state index is 12.5. The van der Waals surface area contributed by atoms with Crippen molar-refractivity contribution in [3.8, 4) is 5.75 Å². The molecule has 0 heterocycles. The fourth-order valence-electron chi connectivity index (χ4n) is 2.88. The van der Waals surface area contributed by atoms with Gasteiger partial charge in [-0.2, -0.15) is 8.42 Å². The summed E-state index contributed by atoms with van der Waals surface area (Å²) in [5, 5.41) is 9.68. The molecule has 1 fully saturated rings. The number of rotatable bonds is 4. The zero-order valence-electron chi connectivity index (χ0n) is 12.2. The molecule has 8 heteroatoms. The van der Waals surface area contributed by atoms with E-state index in [4.69, 9.17) is 9.29 Å². The number of methoxy groups -OCH3 is 1. The molecule has 0 saturated heterocycles. The predicted octanol–water partition coefficient (Wildman–Crippen LogP) is 0.787. The smallest absolute Gasteiger partial charge is 0.359 e. The van der Waals surface area contributed by atoms with Gasteiger partial charge in [-0.1, -0.05) is 12.1 Å². The summed E-state index contributed by atoms with van der Waals surface area (Å²) in [6.45, 7) is 0. The fraction of sp³-hybridized carbons (Fsp3) is 0.500. The van der Waals surface area contributed by atoms with Crippen LogP contribution in [0.3, 0.4) is 0 Å². The first-order valence-electron chi connectivity index (χ1n) is 6.89. The number of hydrogen-bond donors (Lipinski definition) is 3. The van der Waals surface area contributed by atoms with Gasteiger partial charge in [0.1, 0.15) is 5.75 Å². The second-order valence-electron chi connectivity index (χ2n) is 5.45. The first kappa shape index (κ1) is 16.7. The molecule has 1 aliphatic carbocycles. The van der Waals surface area contributed by atoms with Gasteiger partial charge in [0.25, 0.3) is 0 Å². The van der Waals surface area contributed by atoms with E-state index in [2.05, 4.69) is 0 Å².